The first-order chi connectivity index (χ1) is 19.7. The molecule has 4 aromatic carbocycles. The van der Waals surface area contributed by atoms with Gasteiger partial charge in [-0.05, 0) is 90.6 Å². The fourth-order valence-corrected chi connectivity index (χ4v) is 5.46. The van der Waals surface area contributed by atoms with Gasteiger partial charge in [0.25, 0.3) is 0 Å². The Kier molecular flexibility index (Phi) is 7.79. The lowest BCUT2D eigenvalue weighted by atomic mass is 9.92. The van der Waals surface area contributed by atoms with Gasteiger partial charge < -0.3 is 14.2 Å². The lowest BCUT2D eigenvalue weighted by Gasteiger charge is -2.23. The number of hydrogen-bond acceptors (Lipinski definition) is 5. The molecule has 6 nitrogen and oxygen atoms in total. The summed E-state index contributed by atoms with van der Waals surface area (Å²) in [5.41, 5.74) is 7.77. The van der Waals surface area contributed by atoms with Gasteiger partial charge in [0.2, 0.25) is 0 Å². The Labute approximate surface area is 239 Å². The molecule has 0 unspecified atom stereocenters. The largest absolute Gasteiger partial charge is 0.496 e. The third kappa shape index (κ3) is 5.53. The van der Waals surface area contributed by atoms with Crippen LogP contribution >= 0.6 is 0 Å². The number of carbonyl (C=O) groups is 2. The van der Waals surface area contributed by atoms with Crippen molar-refractivity contribution in [2.45, 2.75) is 39.5 Å². The molecular formula is C34H32FNO5. The number of halogens is 1. The highest BCUT2D eigenvalue weighted by molar-refractivity contribution is 5.91. The Morgan fingerprint density at radius 2 is 1.71 bits per heavy atom. The second-order valence-corrected chi connectivity index (χ2v) is 10.3. The standard InChI is InChI=1S/C34H32FNO5/c1-20-9-12-29(26(15-20)19-36-22(3)32(41-34(36)38)24-7-6-8-27(35)17-24)30-18-23(11-14-31(30)39-4)28-13-10-25(16-21(28)2)33(37)40-5/h6-18,22,32H,19H2,1-5H3/t22-,32-/m0/s1. The van der Waals surface area contributed by atoms with Gasteiger partial charge in [0.15, 0.2) is 0 Å². The second kappa shape index (κ2) is 11.5. The third-order valence-electron chi connectivity index (χ3n) is 7.62. The smallest absolute Gasteiger partial charge is 0.411 e. The van der Waals surface area contributed by atoms with E-state index in [0.29, 0.717) is 23.4 Å². The summed E-state index contributed by atoms with van der Waals surface area (Å²) in [6.45, 7) is 6.19. The summed E-state index contributed by atoms with van der Waals surface area (Å²) in [6, 6.07) is 23.5. The van der Waals surface area contributed by atoms with E-state index in [9.17, 15) is 14.0 Å². The van der Waals surface area contributed by atoms with Crippen LogP contribution in [-0.4, -0.2) is 37.2 Å². The van der Waals surface area contributed by atoms with Gasteiger partial charge in [-0.25, -0.2) is 14.0 Å². The van der Waals surface area contributed by atoms with Crippen LogP contribution < -0.4 is 4.74 Å². The summed E-state index contributed by atoms with van der Waals surface area (Å²) in [5.74, 6) is -0.0571. The lowest BCUT2D eigenvalue weighted by Crippen LogP contribution is -2.31. The van der Waals surface area contributed by atoms with Gasteiger partial charge in [0.1, 0.15) is 17.7 Å². The molecule has 0 spiro atoms. The van der Waals surface area contributed by atoms with Crippen LogP contribution in [0.2, 0.25) is 0 Å². The Balaban J connectivity index is 1.52. The number of benzene rings is 4. The highest BCUT2D eigenvalue weighted by atomic mass is 19.1. The molecule has 0 aromatic heterocycles. The maximum Gasteiger partial charge on any atom is 0.411 e. The molecule has 1 aliphatic heterocycles. The molecule has 210 valence electrons. The second-order valence-electron chi connectivity index (χ2n) is 10.3. The predicted molar refractivity (Wildman–Crippen MR) is 155 cm³/mol. The molecule has 0 bridgehead atoms. The van der Waals surface area contributed by atoms with Crippen LogP contribution in [0.1, 0.15) is 45.6 Å². The van der Waals surface area contributed by atoms with Crippen LogP contribution in [0.5, 0.6) is 5.75 Å². The van der Waals surface area contributed by atoms with Crippen LogP contribution in [0.4, 0.5) is 9.18 Å². The van der Waals surface area contributed by atoms with Crippen molar-refractivity contribution in [3.8, 4) is 28.0 Å². The van der Waals surface area contributed by atoms with Crippen LogP contribution in [0.25, 0.3) is 22.3 Å². The van der Waals surface area contributed by atoms with E-state index in [4.69, 9.17) is 14.2 Å². The quantitative estimate of drug-likeness (QED) is 0.220. The minimum Gasteiger partial charge on any atom is -0.496 e. The first kappa shape index (κ1) is 27.9. The molecular weight excluding hydrogens is 521 g/mol. The molecule has 1 saturated heterocycles. The highest BCUT2D eigenvalue weighted by Gasteiger charge is 2.40. The first-order valence-corrected chi connectivity index (χ1v) is 13.4. The zero-order valence-electron chi connectivity index (χ0n) is 23.7. The number of nitrogens with zero attached hydrogens (tertiary/aromatic N) is 1. The van der Waals surface area contributed by atoms with E-state index in [0.717, 1.165) is 38.9 Å². The van der Waals surface area contributed by atoms with Gasteiger partial charge in [-0.1, -0.05) is 48.0 Å². The van der Waals surface area contributed by atoms with E-state index in [2.05, 4.69) is 12.1 Å². The van der Waals surface area contributed by atoms with Gasteiger partial charge in [-0.15, -0.1) is 0 Å². The summed E-state index contributed by atoms with van der Waals surface area (Å²) in [5, 5.41) is 0. The SMILES string of the molecule is COC(=O)c1ccc(-c2ccc(OC)c(-c3ccc(C)cc3CN3C(=O)O[C@H](c4cccc(F)c4)[C@@H]3C)c2)c(C)c1. The minimum absolute atomic E-state index is 0.304. The molecule has 0 saturated carbocycles. The summed E-state index contributed by atoms with van der Waals surface area (Å²) < 4.78 is 30.3. The molecule has 41 heavy (non-hydrogen) atoms. The Morgan fingerprint density at radius 1 is 0.927 bits per heavy atom. The number of hydrogen-bond donors (Lipinski definition) is 0. The van der Waals surface area contributed by atoms with Crippen molar-refractivity contribution in [2.24, 2.45) is 0 Å². The molecule has 0 N–H and O–H groups in total. The van der Waals surface area contributed by atoms with Crippen molar-refractivity contribution in [1.29, 1.82) is 0 Å². The Hall–Kier alpha value is -4.65. The maximum atomic E-state index is 13.9. The summed E-state index contributed by atoms with van der Waals surface area (Å²) in [6.07, 6.45) is -1.01. The Morgan fingerprint density at radius 3 is 2.41 bits per heavy atom. The Bertz CT molecular complexity index is 1630. The number of carbonyl (C=O) groups excluding carboxylic acids is 2. The zero-order chi connectivity index (χ0) is 29.3. The monoisotopic (exact) mass is 553 g/mol. The predicted octanol–water partition coefficient (Wildman–Crippen LogP) is 7.65. The number of methoxy groups -OCH3 is 2. The molecule has 4 aromatic rings. The molecule has 0 aliphatic carbocycles. The third-order valence-corrected chi connectivity index (χ3v) is 7.62. The summed E-state index contributed by atoms with van der Waals surface area (Å²) in [7, 11) is 3.00. The van der Waals surface area contributed by atoms with Crippen molar-refractivity contribution in [3.63, 3.8) is 0 Å². The normalized spacial score (nSPS) is 16.4. The average Bonchev–Trinajstić information content (AvgIpc) is 3.25. The molecule has 1 heterocycles. The number of aryl methyl sites for hydroxylation is 2. The molecule has 7 heteroatoms. The summed E-state index contributed by atoms with van der Waals surface area (Å²) >= 11 is 0. The number of amides is 1. The average molecular weight is 554 g/mol. The van der Waals surface area contributed by atoms with Crippen LogP contribution in [0, 0.1) is 19.7 Å². The van der Waals surface area contributed by atoms with Gasteiger partial charge in [0.05, 0.1) is 32.4 Å². The van der Waals surface area contributed by atoms with E-state index in [1.807, 2.05) is 57.2 Å². The maximum absolute atomic E-state index is 13.9. The van der Waals surface area contributed by atoms with Gasteiger partial charge in [0, 0.05) is 5.56 Å². The molecule has 5 rings (SSSR count). The van der Waals surface area contributed by atoms with Crippen molar-refractivity contribution in [2.75, 3.05) is 14.2 Å². The molecule has 0 radical (unpaired) electrons. The van der Waals surface area contributed by atoms with Crippen LogP contribution in [-0.2, 0) is 16.0 Å². The zero-order valence-corrected chi connectivity index (χ0v) is 23.7. The van der Waals surface area contributed by atoms with E-state index >= 15 is 0 Å². The molecule has 1 aliphatic rings. The first-order valence-electron chi connectivity index (χ1n) is 13.4. The van der Waals surface area contributed by atoms with Crippen molar-refractivity contribution in [3.05, 3.63) is 112 Å². The number of rotatable bonds is 7. The summed E-state index contributed by atoms with van der Waals surface area (Å²) in [4.78, 5) is 26.7. The van der Waals surface area contributed by atoms with Crippen LogP contribution in [0.3, 0.4) is 0 Å². The fraction of sp³-hybridized carbons (Fsp3) is 0.235. The minimum atomic E-state index is -0.569. The lowest BCUT2D eigenvalue weighted by molar-refractivity contribution is 0.0600. The number of ether oxygens (including phenoxy) is 3. The number of esters is 1. The van der Waals surface area contributed by atoms with Crippen molar-refractivity contribution >= 4 is 12.1 Å². The van der Waals surface area contributed by atoms with E-state index in [1.165, 1.54) is 19.2 Å². The van der Waals surface area contributed by atoms with Crippen molar-refractivity contribution < 1.29 is 28.2 Å². The topological polar surface area (TPSA) is 65.1 Å². The van der Waals surface area contributed by atoms with Gasteiger partial charge in [-0.3, -0.25) is 4.90 Å². The highest BCUT2D eigenvalue weighted by Crippen LogP contribution is 2.40. The van der Waals surface area contributed by atoms with E-state index in [1.54, 1.807) is 30.2 Å². The molecule has 2 atom stereocenters. The van der Waals surface area contributed by atoms with E-state index < -0.39 is 12.2 Å². The van der Waals surface area contributed by atoms with Gasteiger partial charge >= 0.3 is 12.1 Å². The molecule has 1 amide bonds. The van der Waals surface area contributed by atoms with E-state index in [-0.39, 0.29) is 17.8 Å². The van der Waals surface area contributed by atoms with Gasteiger partial charge in [-0.2, -0.15) is 0 Å². The number of cyclic esters (lactones) is 1. The fourth-order valence-electron chi connectivity index (χ4n) is 5.46. The van der Waals surface area contributed by atoms with Crippen LogP contribution in [0.15, 0.2) is 78.9 Å². The van der Waals surface area contributed by atoms with Crippen molar-refractivity contribution in [1.82, 2.24) is 4.90 Å². The molecule has 1 fully saturated rings.